The highest BCUT2D eigenvalue weighted by Gasteiger charge is 2.37. The molecule has 1 heterocycles. The predicted molar refractivity (Wildman–Crippen MR) is 75.4 cm³/mol. The largest absolute Gasteiger partial charge is 0.481 e. The third-order valence-electron chi connectivity index (χ3n) is 4.44. The van der Waals surface area contributed by atoms with Gasteiger partial charge in [-0.2, -0.15) is 0 Å². The molecule has 0 aromatic heterocycles. The van der Waals surface area contributed by atoms with E-state index in [1.807, 2.05) is 6.92 Å². The lowest BCUT2D eigenvalue weighted by atomic mass is 9.93. The second-order valence-corrected chi connectivity index (χ2v) is 6.17. The Balaban J connectivity index is 1.96. The number of likely N-dealkylation sites (tertiary alicyclic amines) is 1. The van der Waals surface area contributed by atoms with Crippen LogP contribution in [0.25, 0.3) is 0 Å². The predicted octanol–water partition coefficient (Wildman–Crippen LogP) is 0.535. The summed E-state index contributed by atoms with van der Waals surface area (Å²) in [6.45, 7) is 2.24. The van der Waals surface area contributed by atoms with Crippen molar-refractivity contribution in [3.8, 4) is 0 Å². The van der Waals surface area contributed by atoms with Crippen LogP contribution in [-0.4, -0.2) is 46.5 Å². The van der Waals surface area contributed by atoms with E-state index in [1.54, 1.807) is 4.90 Å². The number of amides is 3. The molecule has 1 aliphatic heterocycles. The van der Waals surface area contributed by atoms with Gasteiger partial charge < -0.3 is 21.1 Å². The molecule has 1 saturated carbocycles. The average Bonchev–Trinajstić information content (AvgIpc) is 3.21. The quantitative estimate of drug-likeness (QED) is 0.687. The number of urea groups is 1. The summed E-state index contributed by atoms with van der Waals surface area (Å²) < 4.78 is 0. The zero-order valence-electron chi connectivity index (χ0n) is 12.2. The number of carboxylic acids is 1. The summed E-state index contributed by atoms with van der Waals surface area (Å²) in [6.07, 6.45) is 3.28. The fourth-order valence-corrected chi connectivity index (χ4v) is 2.89. The van der Waals surface area contributed by atoms with E-state index in [1.165, 1.54) is 0 Å². The Bertz CT molecular complexity index is 436. The van der Waals surface area contributed by atoms with E-state index in [0.29, 0.717) is 13.0 Å². The van der Waals surface area contributed by atoms with Crippen LogP contribution in [0.1, 0.15) is 39.0 Å². The van der Waals surface area contributed by atoms with E-state index in [-0.39, 0.29) is 42.3 Å². The van der Waals surface area contributed by atoms with Crippen molar-refractivity contribution < 1.29 is 19.5 Å². The second kappa shape index (κ2) is 6.32. The van der Waals surface area contributed by atoms with E-state index in [4.69, 9.17) is 10.8 Å². The lowest BCUT2D eigenvalue weighted by Gasteiger charge is -2.37. The molecule has 0 aromatic rings. The molecule has 1 saturated heterocycles. The number of hydrogen-bond donors (Lipinski definition) is 3. The molecule has 3 amide bonds. The number of rotatable bonds is 5. The maximum atomic E-state index is 12.4. The first-order valence-electron chi connectivity index (χ1n) is 7.46. The number of hydrogen-bond acceptors (Lipinski definition) is 3. The van der Waals surface area contributed by atoms with Crippen LogP contribution >= 0.6 is 0 Å². The van der Waals surface area contributed by atoms with E-state index < -0.39 is 5.97 Å². The molecule has 0 spiro atoms. The summed E-state index contributed by atoms with van der Waals surface area (Å²) in [6, 6.07) is -0.576. The van der Waals surface area contributed by atoms with Crippen LogP contribution in [0.3, 0.4) is 0 Å². The SMILES string of the molecule is CC1CCC(C(N)=O)CN1C(=O)NC(CC(=O)O)C1CC1. The van der Waals surface area contributed by atoms with Crippen LogP contribution in [0, 0.1) is 11.8 Å². The summed E-state index contributed by atoms with van der Waals surface area (Å²) in [5.41, 5.74) is 5.33. The van der Waals surface area contributed by atoms with Crippen LogP contribution in [0.2, 0.25) is 0 Å². The van der Waals surface area contributed by atoms with Gasteiger partial charge in [-0.15, -0.1) is 0 Å². The Hall–Kier alpha value is -1.79. The van der Waals surface area contributed by atoms with Gasteiger partial charge in [-0.1, -0.05) is 0 Å². The number of nitrogens with one attached hydrogen (secondary N) is 1. The number of primary amides is 1. The summed E-state index contributed by atoms with van der Waals surface area (Å²) in [5.74, 6) is -1.35. The molecule has 3 atom stereocenters. The Morgan fingerprint density at radius 1 is 1.29 bits per heavy atom. The summed E-state index contributed by atoms with van der Waals surface area (Å²) in [5, 5.41) is 11.7. The van der Waals surface area contributed by atoms with Crippen molar-refractivity contribution in [2.24, 2.45) is 17.6 Å². The smallest absolute Gasteiger partial charge is 0.317 e. The molecule has 0 bridgehead atoms. The van der Waals surface area contributed by atoms with E-state index in [2.05, 4.69) is 5.32 Å². The highest BCUT2D eigenvalue weighted by Crippen LogP contribution is 2.34. The lowest BCUT2D eigenvalue weighted by molar-refractivity contribution is -0.137. The number of nitrogens with two attached hydrogens (primary N) is 1. The minimum Gasteiger partial charge on any atom is -0.481 e. The fraction of sp³-hybridized carbons (Fsp3) is 0.786. The Labute approximate surface area is 123 Å². The van der Waals surface area contributed by atoms with Crippen molar-refractivity contribution in [2.75, 3.05) is 6.54 Å². The van der Waals surface area contributed by atoms with Crippen molar-refractivity contribution in [1.82, 2.24) is 10.2 Å². The highest BCUT2D eigenvalue weighted by molar-refractivity contribution is 5.80. The summed E-state index contributed by atoms with van der Waals surface area (Å²) >= 11 is 0. The number of piperidine rings is 1. The van der Waals surface area contributed by atoms with Gasteiger partial charge in [0.05, 0.1) is 12.3 Å². The van der Waals surface area contributed by atoms with Gasteiger partial charge in [-0.25, -0.2) is 4.79 Å². The third kappa shape index (κ3) is 4.09. The van der Waals surface area contributed by atoms with Gasteiger partial charge in [0.2, 0.25) is 5.91 Å². The third-order valence-corrected chi connectivity index (χ3v) is 4.44. The average molecular weight is 297 g/mol. The number of carboxylic acid groups (broad SMARTS) is 1. The molecule has 0 radical (unpaired) electrons. The fourth-order valence-electron chi connectivity index (χ4n) is 2.89. The molecule has 2 rings (SSSR count). The van der Waals surface area contributed by atoms with Crippen LogP contribution in [0.15, 0.2) is 0 Å². The molecule has 4 N–H and O–H groups in total. The Morgan fingerprint density at radius 2 is 1.95 bits per heavy atom. The van der Waals surface area contributed by atoms with Gasteiger partial charge >= 0.3 is 12.0 Å². The van der Waals surface area contributed by atoms with E-state index in [9.17, 15) is 14.4 Å². The van der Waals surface area contributed by atoms with Gasteiger partial charge in [0.25, 0.3) is 0 Å². The molecule has 3 unspecified atom stereocenters. The van der Waals surface area contributed by atoms with Gasteiger partial charge in [-0.3, -0.25) is 9.59 Å². The zero-order chi connectivity index (χ0) is 15.6. The minimum absolute atomic E-state index is 0.0327. The van der Waals surface area contributed by atoms with Crippen LogP contribution in [0.5, 0.6) is 0 Å². The number of nitrogens with zero attached hydrogens (tertiary/aromatic N) is 1. The molecule has 21 heavy (non-hydrogen) atoms. The molecule has 1 aliphatic carbocycles. The van der Waals surface area contributed by atoms with Crippen molar-refractivity contribution in [2.45, 2.75) is 51.1 Å². The Kier molecular flexibility index (Phi) is 4.69. The molecule has 7 nitrogen and oxygen atoms in total. The van der Waals surface area contributed by atoms with Crippen molar-refractivity contribution in [1.29, 1.82) is 0 Å². The Morgan fingerprint density at radius 3 is 2.48 bits per heavy atom. The first-order chi connectivity index (χ1) is 9.88. The highest BCUT2D eigenvalue weighted by atomic mass is 16.4. The maximum Gasteiger partial charge on any atom is 0.317 e. The number of carbonyl (C=O) groups is 3. The normalized spacial score (nSPS) is 27.0. The lowest BCUT2D eigenvalue weighted by Crippen LogP contribution is -2.54. The molecular formula is C14H23N3O4. The molecule has 7 heteroatoms. The molecule has 0 aromatic carbocycles. The number of aliphatic carboxylic acids is 1. The van der Waals surface area contributed by atoms with Crippen molar-refractivity contribution in [3.05, 3.63) is 0 Å². The standard InChI is InChI=1S/C14H23N3O4/c1-8-2-3-10(13(15)20)7-17(8)14(21)16-11(6-12(18)19)9-4-5-9/h8-11H,2-7H2,1H3,(H2,15,20)(H,16,21)(H,18,19). The van der Waals surface area contributed by atoms with E-state index in [0.717, 1.165) is 19.3 Å². The minimum atomic E-state index is -0.908. The molecular weight excluding hydrogens is 274 g/mol. The van der Waals surface area contributed by atoms with Gasteiger partial charge in [0.15, 0.2) is 0 Å². The van der Waals surface area contributed by atoms with Gasteiger partial charge in [-0.05, 0) is 38.5 Å². The van der Waals surface area contributed by atoms with Crippen LogP contribution in [0.4, 0.5) is 4.79 Å². The second-order valence-electron chi connectivity index (χ2n) is 6.17. The molecule has 118 valence electrons. The van der Waals surface area contributed by atoms with E-state index >= 15 is 0 Å². The van der Waals surface area contributed by atoms with Gasteiger partial charge in [0, 0.05) is 18.6 Å². The van der Waals surface area contributed by atoms with Crippen LogP contribution in [-0.2, 0) is 9.59 Å². The van der Waals surface area contributed by atoms with Crippen molar-refractivity contribution >= 4 is 17.9 Å². The molecule has 2 fully saturated rings. The summed E-state index contributed by atoms with van der Waals surface area (Å²) in [7, 11) is 0. The number of carbonyl (C=O) groups excluding carboxylic acids is 2. The summed E-state index contributed by atoms with van der Waals surface area (Å²) in [4.78, 5) is 36.2. The van der Waals surface area contributed by atoms with Gasteiger partial charge in [0.1, 0.15) is 0 Å². The van der Waals surface area contributed by atoms with Crippen molar-refractivity contribution in [3.63, 3.8) is 0 Å². The first-order valence-corrected chi connectivity index (χ1v) is 7.46. The van der Waals surface area contributed by atoms with Crippen LogP contribution < -0.4 is 11.1 Å². The first kappa shape index (κ1) is 15.6. The monoisotopic (exact) mass is 297 g/mol. The molecule has 2 aliphatic rings. The zero-order valence-corrected chi connectivity index (χ0v) is 12.2. The maximum absolute atomic E-state index is 12.4. The topological polar surface area (TPSA) is 113 Å².